The van der Waals surface area contributed by atoms with E-state index in [1.807, 2.05) is 6.92 Å². The third-order valence-corrected chi connectivity index (χ3v) is 2.08. The normalized spacial score (nSPS) is 10.3. The van der Waals surface area contributed by atoms with Gasteiger partial charge >= 0.3 is 0 Å². The molecule has 15 heavy (non-hydrogen) atoms. The van der Waals surface area contributed by atoms with Crippen molar-refractivity contribution in [2.24, 2.45) is 0 Å². The highest BCUT2D eigenvalue weighted by Gasteiger charge is 2.05. The largest absolute Gasteiger partial charge is 0.298 e. The van der Waals surface area contributed by atoms with Crippen LogP contribution >= 0.6 is 0 Å². The van der Waals surface area contributed by atoms with E-state index >= 15 is 0 Å². The summed E-state index contributed by atoms with van der Waals surface area (Å²) in [5, 5.41) is 4.09. The Bertz CT molecular complexity index is 505. The first-order valence-corrected chi connectivity index (χ1v) is 4.48. The maximum Gasteiger partial charge on any atom is 0.150 e. The summed E-state index contributed by atoms with van der Waals surface area (Å²) in [6.07, 6.45) is 2.29. The van der Waals surface area contributed by atoms with Gasteiger partial charge in [0.1, 0.15) is 17.8 Å². The first-order valence-electron chi connectivity index (χ1n) is 4.48. The number of carbonyl (C=O) groups excluding carboxylic acids is 1. The van der Waals surface area contributed by atoms with Crippen LogP contribution in [0.1, 0.15) is 16.1 Å². The van der Waals surface area contributed by atoms with Gasteiger partial charge in [-0.1, -0.05) is 0 Å². The molecule has 0 aliphatic rings. The summed E-state index contributed by atoms with van der Waals surface area (Å²) in [4.78, 5) is 10.4. The summed E-state index contributed by atoms with van der Waals surface area (Å²) in [5.41, 5.74) is 1.47. The first-order chi connectivity index (χ1) is 7.20. The van der Waals surface area contributed by atoms with Gasteiger partial charge in [-0.25, -0.2) is 9.07 Å². The number of halogens is 1. The van der Waals surface area contributed by atoms with Gasteiger partial charge in [-0.3, -0.25) is 4.79 Å². The van der Waals surface area contributed by atoms with Crippen LogP contribution < -0.4 is 0 Å². The topological polar surface area (TPSA) is 34.9 Å². The van der Waals surface area contributed by atoms with E-state index in [9.17, 15) is 9.18 Å². The summed E-state index contributed by atoms with van der Waals surface area (Å²) < 4.78 is 15.0. The number of aldehydes is 1. The highest BCUT2D eigenvalue weighted by atomic mass is 19.1. The molecule has 0 bridgehead atoms. The van der Waals surface area contributed by atoms with E-state index < -0.39 is 5.82 Å². The van der Waals surface area contributed by atoms with E-state index in [2.05, 4.69) is 5.10 Å². The summed E-state index contributed by atoms with van der Waals surface area (Å²) in [5.74, 6) is -0.456. The highest BCUT2D eigenvalue weighted by Crippen LogP contribution is 2.13. The Labute approximate surface area is 86.2 Å². The second kappa shape index (κ2) is 3.65. The van der Waals surface area contributed by atoms with Crippen molar-refractivity contribution in [3.05, 3.63) is 47.5 Å². The average molecular weight is 204 g/mol. The van der Waals surface area contributed by atoms with Crippen molar-refractivity contribution < 1.29 is 9.18 Å². The van der Waals surface area contributed by atoms with E-state index in [1.54, 1.807) is 18.3 Å². The lowest BCUT2D eigenvalue weighted by molar-refractivity contribution is 0.112. The van der Waals surface area contributed by atoms with Gasteiger partial charge in [-0.2, -0.15) is 5.10 Å². The van der Waals surface area contributed by atoms with E-state index in [0.29, 0.717) is 17.5 Å². The van der Waals surface area contributed by atoms with Crippen LogP contribution in [-0.2, 0) is 0 Å². The molecule has 0 atom stereocenters. The maximum absolute atomic E-state index is 13.5. The van der Waals surface area contributed by atoms with Crippen molar-refractivity contribution in [1.82, 2.24) is 9.78 Å². The van der Waals surface area contributed by atoms with E-state index in [0.717, 1.165) is 5.69 Å². The van der Waals surface area contributed by atoms with Crippen molar-refractivity contribution in [2.45, 2.75) is 6.92 Å². The van der Waals surface area contributed by atoms with Gasteiger partial charge in [-0.05, 0) is 31.2 Å². The molecule has 0 aliphatic carbocycles. The smallest absolute Gasteiger partial charge is 0.150 e. The number of hydrogen-bond donors (Lipinski definition) is 0. The minimum atomic E-state index is -0.456. The van der Waals surface area contributed by atoms with Crippen LogP contribution in [-0.4, -0.2) is 16.1 Å². The predicted octanol–water partition coefficient (Wildman–Crippen LogP) is 2.13. The molecule has 0 saturated carbocycles. The zero-order valence-corrected chi connectivity index (χ0v) is 8.14. The first kappa shape index (κ1) is 9.58. The Hall–Kier alpha value is -1.97. The van der Waals surface area contributed by atoms with Crippen LogP contribution in [0.25, 0.3) is 5.69 Å². The van der Waals surface area contributed by atoms with Crippen molar-refractivity contribution >= 4 is 6.29 Å². The lowest BCUT2D eigenvalue weighted by Gasteiger charge is -2.03. The van der Waals surface area contributed by atoms with E-state index in [4.69, 9.17) is 0 Å². The minimum absolute atomic E-state index is 0.320. The predicted molar refractivity (Wildman–Crippen MR) is 53.6 cm³/mol. The summed E-state index contributed by atoms with van der Waals surface area (Å²) in [6.45, 7) is 1.83. The number of aryl methyl sites for hydroxylation is 1. The molecule has 0 aliphatic heterocycles. The van der Waals surface area contributed by atoms with Gasteiger partial charge < -0.3 is 0 Å². The van der Waals surface area contributed by atoms with Crippen LogP contribution in [0.15, 0.2) is 30.5 Å². The Morgan fingerprint density at radius 2 is 2.20 bits per heavy atom. The molecular formula is C11H9FN2O. The quantitative estimate of drug-likeness (QED) is 0.702. The Kier molecular flexibility index (Phi) is 2.33. The molecule has 0 radical (unpaired) electrons. The number of rotatable bonds is 2. The molecule has 4 heteroatoms. The molecule has 1 aromatic heterocycles. The molecule has 1 heterocycles. The van der Waals surface area contributed by atoms with E-state index in [1.165, 1.54) is 16.8 Å². The zero-order valence-electron chi connectivity index (χ0n) is 8.14. The minimum Gasteiger partial charge on any atom is -0.298 e. The monoisotopic (exact) mass is 204 g/mol. The van der Waals surface area contributed by atoms with Crippen molar-refractivity contribution in [2.75, 3.05) is 0 Å². The van der Waals surface area contributed by atoms with Crippen molar-refractivity contribution in [3.8, 4) is 5.69 Å². The highest BCUT2D eigenvalue weighted by molar-refractivity contribution is 5.75. The summed E-state index contributed by atoms with van der Waals surface area (Å²) in [7, 11) is 0. The molecule has 0 saturated heterocycles. The molecule has 2 rings (SSSR count). The molecule has 76 valence electrons. The fourth-order valence-electron chi connectivity index (χ4n) is 1.33. The lowest BCUT2D eigenvalue weighted by Crippen LogP contribution is -1.99. The molecule has 0 fully saturated rings. The molecule has 0 spiro atoms. The van der Waals surface area contributed by atoms with E-state index in [-0.39, 0.29) is 0 Å². The summed E-state index contributed by atoms with van der Waals surface area (Å²) in [6, 6.07) is 6.07. The number of aromatic nitrogens is 2. The van der Waals surface area contributed by atoms with Gasteiger partial charge in [0.05, 0.1) is 5.69 Å². The van der Waals surface area contributed by atoms with Gasteiger partial charge in [0.15, 0.2) is 0 Å². The standard InChI is InChI=1S/C11H9FN2O/c1-8-4-5-14(13-8)11-3-2-9(7-15)6-10(11)12/h2-7H,1H3. The number of nitrogens with zero attached hydrogens (tertiary/aromatic N) is 2. The molecule has 1 aromatic carbocycles. The Balaban J connectivity index is 2.49. The fraction of sp³-hybridized carbons (Fsp3) is 0.0909. The van der Waals surface area contributed by atoms with Gasteiger partial charge in [0, 0.05) is 11.8 Å². The SMILES string of the molecule is Cc1ccn(-c2ccc(C=O)cc2F)n1. The second-order valence-corrected chi connectivity index (χ2v) is 3.23. The number of benzene rings is 1. The van der Waals surface area contributed by atoms with Crippen LogP contribution in [0, 0.1) is 12.7 Å². The van der Waals surface area contributed by atoms with Gasteiger partial charge in [0.2, 0.25) is 0 Å². The lowest BCUT2D eigenvalue weighted by atomic mass is 10.2. The second-order valence-electron chi connectivity index (χ2n) is 3.23. The molecule has 0 amide bonds. The van der Waals surface area contributed by atoms with Crippen LogP contribution in [0.4, 0.5) is 4.39 Å². The fourth-order valence-corrected chi connectivity index (χ4v) is 1.33. The average Bonchev–Trinajstić information content (AvgIpc) is 2.64. The van der Waals surface area contributed by atoms with Crippen LogP contribution in [0.2, 0.25) is 0 Å². The molecule has 3 nitrogen and oxygen atoms in total. The van der Waals surface area contributed by atoms with Crippen LogP contribution in [0.5, 0.6) is 0 Å². The number of carbonyl (C=O) groups is 1. The molecule has 0 unspecified atom stereocenters. The zero-order chi connectivity index (χ0) is 10.8. The summed E-state index contributed by atoms with van der Waals surface area (Å²) >= 11 is 0. The third kappa shape index (κ3) is 1.79. The third-order valence-electron chi connectivity index (χ3n) is 2.08. The molecule has 2 aromatic rings. The van der Waals surface area contributed by atoms with Gasteiger partial charge in [0.25, 0.3) is 0 Å². The molecular weight excluding hydrogens is 195 g/mol. The van der Waals surface area contributed by atoms with Crippen molar-refractivity contribution in [1.29, 1.82) is 0 Å². The Morgan fingerprint density at radius 3 is 2.73 bits per heavy atom. The maximum atomic E-state index is 13.5. The molecule has 0 N–H and O–H groups in total. The van der Waals surface area contributed by atoms with Crippen molar-refractivity contribution in [3.63, 3.8) is 0 Å². The Morgan fingerprint density at radius 1 is 1.40 bits per heavy atom. The van der Waals surface area contributed by atoms with Gasteiger partial charge in [-0.15, -0.1) is 0 Å². The van der Waals surface area contributed by atoms with Crippen LogP contribution in [0.3, 0.4) is 0 Å². The number of hydrogen-bond acceptors (Lipinski definition) is 2.